The van der Waals surface area contributed by atoms with E-state index in [0.29, 0.717) is 26.6 Å². The summed E-state index contributed by atoms with van der Waals surface area (Å²) in [5, 5.41) is 26.7. The van der Waals surface area contributed by atoms with Gasteiger partial charge >= 0.3 is 10.0 Å². The molecule has 5 aromatic heterocycles. The number of hydrazine groups is 1. The Morgan fingerprint density at radius 3 is 1.80 bits per heavy atom. The average molecular weight is 611 g/mol. The fourth-order valence-electron chi connectivity index (χ4n) is 3.73. The van der Waals surface area contributed by atoms with E-state index in [1.54, 1.807) is 42.2 Å². The summed E-state index contributed by atoms with van der Waals surface area (Å²) in [6.07, 6.45) is 4.55. The Kier molecular flexibility index (Phi) is 7.52. The maximum absolute atomic E-state index is 12.9. The Morgan fingerprint density at radius 1 is 0.854 bits per heavy atom. The monoisotopic (exact) mass is 610 g/mol. The molecule has 5 heterocycles. The quantitative estimate of drug-likeness (QED) is 0.147. The molecule has 0 spiro atoms. The number of amides is 2. The van der Waals surface area contributed by atoms with Gasteiger partial charge in [0.15, 0.2) is 0 Å². The van der Waals surface area contributed by atoms with Gasteiger partial charge in [-0.05, 0) is 42.5 Å². The first-order valence-electron chi connectivity index (χ1n) is 11.4. The maximum atomic E-state index is 12.9. The van der Waals surface area contributed by atoms with Crippen LogP contribution < -0.4 is 10.9 Å². The van der Waals surface area contributed by atoms with Gasteiger partial charge in [-0.15, -0.1) is 0 Å². The molecule has 0 bridgehead atoms. The second kappa shape index (κ2) is 11.2. The van der Waals surface area contributed by atoms with Crippen molar-refractivity contribution in [2.24, 2.45) is 7.05 Å². The van der Waals surface area contributed by atoms with Crippen molar-refractivity contribution in [2.45, 2.75) is 0 Å². The third-order valence-corrected chi connectivity index (χ3v) is 8.17. The first-order valence-corrected chi connectivity index (χ1v) is 13.4. The molecule has 2 amide bonds. The zero-order valence-electron chi connectivity index (χ0n) is 20.6. The summed E-state index contributed by atoms with van der Waals surface area (Å²) >= 11 is 7.29. The van der Waals surface area contributed by atoms with Crippen LogP contribution in [0.2, 0.25) is 5.15 Å². The van der Waals surface area contributed by atoms with Gasteiger partial charge in [-0.3, -0.25) is 50.3 Å². The molecule has 0 aromatic carbocycles. The lowest BCUT2D eigenvalue weighted by Gasteiger charge is -2.05. The number of rotatable bonds is 7. The number of nitrogens with zero attached hydrogens (tertiary/aromatic N) is 6. The van der Waals surface area contributed by atoms with E-state index < -0.39 is 31.7 Å². The van der Waals surface area contributed by atoms with Gasteiger partial charge in [0.25, 0.3) is 11.8 Å². The highest BCUT2D eigenvalue weighted by molar-refractivity contribution is 7.19. The second-order valence-electron chi connectivity index (χ2n) is 8.22. The first kappa shape index (κ1) is 27.5. The number of carbonyl (C=O) groups excluding carboxylic acids is 2. The van der Waals surface area contributed by atoms with Crippen molar-refractivity contribution in [3.05, 3.63) is 97.6 Å². The SMILES string of the molecule is Cn1nccc1-c1ccc(-c2cc(C(=O)NNC(=O)c3cc(-c4ccc(Cl)nc4)sc3[N+](=O)[O-])c([N+](=O)[O-])s2)cn1. The Balaban J connectivity index is 1.35. The van der Waals surface area contributed by atoms with Crippen LogP contribution in [0.4, 0.5) is 10.0 Å². The van der Waals surface area contributed by atoms with Gasteiger partial charge in [0.1, 0.15) is 16.3 Å². The van der Waals surface area contributed by atoms with Crippen molar-refractivity contribution in [3.63, 3.8) is 0 Å². The van der Waals surface area contributed by atoms with Crippen molar-refractivity contribution in [2.75, 3.05) is 0 Å². The number of thiophene rings is 2. The Hall–Kier alpha value is -5.06. The van der Waals surface area contributed by atoms with Gasteiger partial charge < -0.3 is 0 Å². The highest BCUT2D eigenvalue weighted by Crippen LogP contribution is 2.38. The van der Waals surface area contributed by atoms with E-state index in [1.807, 2.05) is 0 Å². The van der Waals surface area contributed by atoms with Gasteiger partial charge in [-0.2, -0.15) is 5.10 Å². The molecule has 0 unspecified atom stereocenters. The van der Waals surface area contributed by atoms with Gasteiger partial charge in [0, 0.05) is 46.5 Å². The third-order valence-electron chi connectivity index (χ3n) is 5.68. The maximum Gasteiger partial charge on any atom is 0.337 e. The molecule has 0 radical (unpaired) electrons. The molecule has 0 aliphatic carbocycles. The summed E-state index contributed by atoms with van der Waals surface area (Å²) in [4.78, 5) is 56.6. The molecule has 41 heavy (non-hydrogen) atoms. The molecule has 0 aliphatic heterocycles. The number of pyridine rings is 2. The molecule has 5 rings (SSSR count). The van der Waals surface area contributed by atoms with Crippen LogP contribution in [0, 0.1) is 20.2 Å². The molecule has 0 saturated carbocycles. The van der Waals surface area contributed by atoms with E-state index in [0.717, 1.165) is 28.4 Å². The number of nitrogens with one attached hydrogen (secondary N) is 2. The normalized spacial score (nSPS) is 10.8. The summed E-state index contributed by atoms with van der Waals surface area (Å²) in [5.74, 6) is -1.96. The molecule has 206 valence electrons. The highest BCUT2D eigenvalue weighted by Gasteiger charge is 2.28. The zero-order valence-corrected chi connectivity index (χ0v) is 23.0. The summed E-state index contributed by atoms with van der Waals surface area (Å²) in [6, 6.07) is 10.9. The fraction of sp³-hybridized carbons (Fsp3) is 0.0417. The van der Waals surface area contributed by atoms with Crippen LogP contribution >= 0.6 is 34.3 Å². The Bertz CT molecular complexity index is 1810. The number of aryl methyl sites for hydroxylation is 1. The molecule has 0 saturated heterocycles. The minimum atomic E-state index is -0.984. The third kappa shape index (κ3) is 5.65. The minimum absolute atomic E-state index is 0.226. The number of carbonyl (C=O) groups is 2. The van der Waals surface area contributed by atoms with E-state index in [2.05, 4.69) is 25.9 Å². The molecule has 2 N–H and O–H groups in total. The molecule has 0 fully saturated rings. The number of hydrogen-bond donors (Lipinski definition) is 2. The topological polar surface area (TPSA) is 188 Å². The molecule has 14 nitrogen and oxygen atoms in total. The minimum Gasteiger partial charge on any atom is -0.267 e. The van der Waals surface area contributed by atoms with Crippen molar-refractivity contribution < 1.29 is 19.4 Å². The zero-order chi connectivity index (χ0) is 29.3. The van der Waals surface area contributed by atoms with E-state index in [4.69, 9.17) is 11.6 Å². The van der Waals surface area contributed by atoms with Crippen molar-refractivity contribution >= 4 is 56.1 Å². The molecular weight excluding hydrogens is 596 g/mol. The number of nitro groups is 2. The summed E-state index contributed by atoms with van der Waals surface area (Å²) in [7, 11) is 1.77. The van der Waals surface area contributed by atoms with Crippen molar-refractivity contribution in [1.29, 1.82) is 0 Å². The van der Waals surface area contributed by atoms with Gasteiger partial charge in [-0.25, -0.2) is 4.98 Å². The highest BCUT2D eigenvalue weighted by atomic mass is 35.5. The van der Waals surface area contributed by atoms with Crippen molar-refractivity contribution in [3.8, 4) is 32.3 Å². The van der Waals surface area contributed by atoms with E-state index in [1.165, 1.54) is 30.6 Å². The summed E-state index contributed by atoms with van der Waals surface area (Å²) < 4.78 is 1.65. The van der Waals surface area contributed by atoms with Gasteiger partial charge in [-0.1, -0.05) is 34.3 Å². The summed E-state index contributed by atoms with van der Waals surface area (Å²) in [6.45, 7) is 0. The Morgan fingerprint density at radius 2 is 1.39 bits per heavy atom. The molecule has 17 heteroatoms. The number of aromatic nitrogens is 4. The molecular formula is C24H15ClN8O6S2. The predicted molar refractivity (Wildman–Crippen MR) is 151 cm³/mol. The molecule has 0 aliphatic rings. The van der Waals surface area contributed by atoms with Crippen molar-refractivity contribution in [1.82, 2.24) is 30.6 Å². The van der Waals surface area contributed by atoms with Gasteiger partial charge in [0.05, 0.1) is 21.2 Å². The lowest BCUT2D eigenvalue weighted by atomic mass is 10.1. The van der Waals surface area contributed by atoms with Crippen LogP contribution in [0.3, 0.4) is 0 Å². The molecule has 5 aromatic rings. The average Bonchev–Trinajstić information content (AvgIpc) is 3.70. The lowest BCUT2D eigenvalue weighted by molar-refractivity contribution is -0.380. The van der Waals surface area contributed by atoms with Crippen LogP contribution in [-0.2, 0) is 7.05 Å². The predicted octanol–water partition coefficient (Wildman–Crippen LogP) is 4.88. The van der Waals surface area contributed by atoms with E-state index in [9.17, 15) is 29.8 Å². The van der Waals surface area contributed by atoms with Crippen LogP contribution in [0.5, 0.6) is 0 Å². The van der Waals surface area contributed by atoms with E-state index >= 15 is 0 Å². The second-order valence-corrected chi connectivity index (χ2v) is 10.7. The number of halogens is 1. The van der Waals surface area contributed by atoms with Crippen LogP contribution in [0.25, 0.3) is 32.3 Å². The standard InChI is InChI=1S/C24H15ClN8O6S2/c1-31-17(6-7-28-31)16-4-2-12(10-26-16)18-8-14(23(40-18)32(36)37)21(34)29-30-22(35)15-9-19(41-24(15)33(38)39)13-3-5-20(25)27-11-13/h2-11H,1H3,(H,29,34)(H,30,35). The largest absolute Gasteiger partial charge is 0.337 e. The van der Waals surface area contributed by atoms with Crippen LogP contribution in [0.1, 0.15) is 20.7 Å². The van der Waals surface area contributed by atoms with Crippen LogP contribution in [0.15, 0.2) is 61.1 Å². The smallest absolute Gasteiger partial charge is 0.267 e. The summed E-state index contributed by atoms with van der Waals surface area (Å²) in [5.41, 5.74) is 6.02. The fourth-order valence-corrected chi connectivity index (χ4v) is 5.76. The van der Waals surface area contributed by atoms with E-state index in [-0.39, 0.29) is 16.3 Å². The van der Waals surface area contributed by atoms with Gasteiger partial charge in [0.2, 0.25) is 0 Å². The lowest BCUT2D eigenvalue weighted by Crippen LogP contribution is -2.41. The molecule has 0 atom stereocenters. The first-order chi connectivity index (χ1) is 19.6. The Labute approximate surface area is 242 Å². The van der Waals surface area contributed by atoms with Crippen LogP contribution in [-0.4, -0.2) is 41.4 Å². The number of hydrogen-bond acceptors (Lipinski definition) is 11.